The molecule has 1 aliphatic heterocycles. The van der Waals surface area contributed by atoms with Crippen molar-refractivity contribution < 1.29 is 34.7 Å². The minimum atomic E-state index is -0.319. The van der Waals surface area contributed by atoms with E-state index in [1.54, 1.807) is 0 Å². The van der Waals surface area contributed by atoms with Crippen molar-refractivity contribution in [3.63, 3.8) is 0 Å². The van der Waals surface area contributed by atoms with Gasteiger partial charge in [0.15, 0.2) is 5.78 Å². The predicted octanol–water partition coefficient (Wildman–Crippen LogP) is 9.53. The van der Waals surface area contributed by atoms with E-state index < -0.39 is 0 Å². The minimum Gasteiger partial charge on any atom is -0.512 e. The molecule has 207 valence electrons. The number of ether oxygens (including phenoxy) is 1. The molecular formula is C34H38IrNO3-. The smallest absolute Gasteiger partial charge is 0.164 e. The Labute approximate surface area is 245 Å². The van der Waals surface area contributed by atoms with Crippen LogP contribution in [0.2, 0.25) is 0 Å². The summed E-state index contributed by atoms with van der Waals surface area (Å²) >= 11 is 0. The first kappa shape index (κ1) is 30.5. The van der Waals surface area contributed by atoms with E-state index in [0.717, 1.165) is 70.2 Å². The van der Waals surface area contributed by atoms with Gasteiger partial charge >= 0.3 is 0 Å². The number of nitrogens with zero attached hydrogens (tertiary/aromatic N) is 1. The zero-order valence-corrected chi connectivity index (χ0v) is 26.1. The molecule has 0 saturated heterocycles. The van der Waals surface area contributed by atoms with E-state index in [1.807, 2.05) is 71.1 Å². The van der Waals surface area contributed by atoms with Crippen LogP contribution in [0.15, 0.2) is 66.6 Å². The molecule has 0 atom stereocenters. The Bertz CT molecular complexity index is 1490. The average molecular weight is 701 g/mol. The van der Waals surface area contributed by atoms with Gasteiger partial charge in [-0.3, -0.25) is 9.78 Å². The van der Waals surface area contributed by atoms with Gasteiger partial charge in [0.1, 0.15) is 5.75 Å². The molecular weight excluding hydrogens is 663 g/mol. The van der Waals surface area contributed by atoms with Gasteiger partial charge in [0.2, 0.25) is 0 Å². The van der Waals surface area contributed by atoms with E-state index >= 15 is 0 Å². The summed E-state index contributed by atoms with van der Waals surface area (Å²) < 4.78 is 6.22. The fourth-order valence-electron chi connectivity index (χ4n) is 5.03. The summed E-state index contributed by atoms with van der Waals surface area (Å²) in [5, 5.41) is 14.4. The van der Waals surface area contributed by atoms with E-state index in [4.69, 9.17) is 4.74 Å². The summed E-state index contributed by atoms with van der Waals surface area (Å²) in [5.41, 5.74) is 2.74. The molecule has 1 radical (unpaired) electrons. The zero-order valence-electron chi connectivity index (χ0n) is 23.7. The van der Waals surface area contributed by atoms with Crippen LogP contribution in [0.5, 0.6) is 11.5 Å². The normalized spacial score (nSPS) is 12.3. The van der Waals surface area contributed by atoms with Gasteiger partial charge in [-0.25, -0.2) is 0 Å². The average Bonchev–Trinajstić information content (AvgIpc) is 2.94. The number of aryl methyl sites for hydroxylation is 1. The Morgan fingerprint density at radius 1 is 1.05 bits per heavy atom. The van der Waals surface area contributed by atoms with Crippen LogP contribution < -0.4 is 4.74 Å². The fourth-order valence-corrected chi connectivity index (χ4v) is 5.03. The van der Waals surface area contributed by atoms with Gasteiger partial charge in [0.25, 0.3) is 0 Å². The van der Waals surface area contributed by atoms with Gasteiger partial charge < -0.3 is 9.84 Å². The van der Waals surface area contributed by atoms with Crippen molar-refractivity contribution in [3.8, 4) is 22.8 Å². The standard InChI is InChI=1S/C20H12NO.C14H26O2.Ir/c1-12-15-7-3-2-5-14(15)11-16-19-18-13(9-10-21-19)6-4-8-17(18)22-20(12)16;1-6-11(7-2)12(15)10-13(16)14(5,8-3)9-4;/h2-10H,1H3;10-11,15H,6-9H2,1-5H3;/q-1;;/b;12-10-;. The van der Waals surface area contributed by atoms with E-state index in [9.17, 15) is 9.90 Å². The largest absolute Gasteiger partial charge is 0.512 e. The number of aliphatic hydroxyl groups is 1. The summed E-state index contributed by atoms with van der Waals surface area (Å²) in [6.07, 6.45) is 6.69. The van der Waals surface area contributed by atoms with Crippen LogP contribution in [-0.2, 0) is 24.9 Å². The molecule has 0 fully saturated rings. The van der Waals surface area contributed by atoms with Crippen molar-refractivity contribution in [1.29, 1.82) is 0 Å². The number of pyridine rings is 1. The van der Waals surface area contributed by atoms with E-state index in [1.165, 1.54) is 11.5 Å². The number of aliphatic hydroxyl groups excluding tert-OH is 1. The van der Waals surface area contributed by atoms with Crippen molar-refractivity contribution in [2.75, 3.05) is 0 Å². The second kappa shape index (κ2) is 12.9. The van der Waals surface area contributed by atoms with Crippen LogP contribution in [-0.4, -0.2) is 15.9 Å². The Hall–Kier alpha value is -3.01. The molecule has 1 N–H and O–H groups in total. The van der Waals surface area contributed by atoms with Gasteiger partial charge in [-0.05, 0) is 50.1 Å². The second-order valence-electron chi connectivity index (χ2n) is 10.3. The zero-order chi connectivity index (χ0) is 27.4. The SMILES string of the molecule is CCC(CC)/C(O)=C/C(=O)C(C)(CC)CC.Cc1c2c([c-]c3ccccc13)-c1nccc3cccc(c13)O2.[Ir]. The number of hydrogen-bond acceptors (Lipinski definition) is 4. The fraction of sp³-hybridized carbons (Fsp3) is 0.353. The van der Waals surface area contributed by atoms with Gasteiger partial charge in [0, 0.05) is 54.8 Å². The molecule has 39 heavy (non-hydrogen) atoms. The summed E-state index contributed by atoms with van der Waals surface area (Å²) in [4.78, 5) is 16.7. The molecule has 0 amide bonds. The van der Waals surface area contributed by atoms with Crippen LogP contribution in [0.3, 0.4) is 0 Å². The third-order valence-electron chi connectivity index (χ3n) is 8.20. The summed E-state index contributed by atoms with van der Waals surface area (Å²) in [6.45, 7) is 12.2. The van der Waals surface area contributed by atoms with Crippen LogP contribution in [0, 0.1) is 24.3 Å². The molecule has 5 heteroatoms. The monoisotopic (exact) mass is 701 g/mol. The van der Waals surface area contributed by atoms with Crippen LogP contribution >= 0.6 is 0 Å². The van der Waals surface area contributed by atoms with Crippen LogP contribution in [0.4, 0.5) is 0 Å². The van der Waals surface area contributed by atoms with Gasteiger partial charge in [-0.2, -0.15) is 0 Å². The maximum Gasteiger partial charge on any atom is 0.164 e. The number of carbonyl (C=O) groups excluding carboxylic acids is 1. The van der Waals surface area contributed by atoms with Gasteiger partial charge in [0.05, 0.1) is 11.5 Å². The number of hydrogen-bond donors (Lipinski definition) is 1. The van der Waals surface area contributed by atoms with Crippen LogP contribution in [0.25, 0.3) is 32.8 Å². The Kier molecular flexibility index (Phi) is 10.1. The maximum absolute atomic E-state index is 12.0. The number of aromatic nitrogens is 1. The number of allylic oxidation sites excluding steroid dienone is 2. The number of ketones is 1. The molecule has 0 spiro atoms. The summed E-state index contributed by atoms with van der Waals surface area (Å²) in [6, 6.07) is 19.9. The molecule has 1 aromatic heterocycles. The first-order valence-corrected chi connectivity index (χ1v) is 13.7. The second-order valence-corrected chi connectivity index (χ2v) is 10.3. The number of carbonyl (C=O) groups is 1. The molecule has 0 saturated carbocycles. The van der Waals surface area contributed by atoms with Gasteiger partial charge in [-0.1, -0.05) is 81.5 Å². The minimum absolute atomic E-state index is 0. The Morgan fingerprint density at radius 2 is 1.74 bits per heavy atom. The Balaban J connectivity index is 0.000000224. The van der Waals surface area contributed by atoms with Crippen molar-refractivity contribution in [2.24, 2.45) is 11.3 Å². The maximum atomic E-state index is 12.0. The Morgan fingerprint density at radius 3 is 2.41 bits per heavy atom. The number of fused-ring (bicyclic) bond motifs is 3. The van der Waals surface area contributed by atoms with Crippen molar-refractivity contribution >= 4 is 27.3 Å². The molecule has 0 unspecified atom stereocenters. The first-order chi connectivity index (χ1) is 18.3. The molecule has 0 bridgehead atoms. The summed E-state index contributed by atoms with van der Waals surface area (Å²) in [7, 11) is 0. The predicted molar refractivity (Wildman–Crippen MR) is 157 cm³/mol. The molecule has 0 aliphatic carbocycles. The molecule has 1 aliphatic rings. The number of benzene rings is 3. The van der Waals surface area contributed by atoms with E-state index in [2.05, 4.69) is 36.2 Å². The quantitative estimate of drug-likeness (QED) is 0.104. The topological polar surface area (TPSA) is 59.4 Å². The molecule has 3 aromatic carbocycles. The first-order valence-electron chi connectivity index (χ1n) is 13.7. The third-order valence-corrected chi connectivity index (χ3v) is 8.20. The molecule has 2 heterocycles. The van der Waals surface area contributed by atoms with E-state index in [0.29, 0.717) is 0 Å². The van der Waals surface area contributed by atoms with Gasteiger partial charge in [-0.15, -0.1) is 17.5 Å². The number of rotatable bonds is 7. The summed E-state index contributed by atoms with van der Waals surface area (Å²) in [5.74, 6) is 2.18. The van der Waals surface area contributed by atoms with E-state index in [-0.39, 0.29) is 43.0 Å². The molecule has 5 rings (SSSR count). The molecule has 4 nitrogen and oxygen atoms in total. The molecule has 4 aromatic rings. The van der Waals surface area contributed by atoms with Crippen molar-refractivity contribution in [1.82, 2.24) is 4.98 Å². The third kappa shape index (κ3) is 5.95. The van der Waals surface area contributed by atoms with Crippen LogP contribution in [0.1, 0.15) is 65.9 Å². The van der Waals surface area contributed by atoms with Crippen molar-refractivity contribution in [3.05, 3.63) is 78.2 Å². The van der Waals surface area contributed by atoms with Crippen molar-refractivity contribution in [2.45, 2.75) is 67.2 Å².